The summed E-state index contributed by atoms with van der Waals surface area (Å²) in [4.78, 5) is 18.1. The maximum atomic E-state index is 12.1. The lowest BCUT2D eigenvalue weighted by atomic mass is 10.1. The van der Waals surface area contributed by atoms with Gasteiger partial charge in [0.05, 0.1) is 0 Å². The van der Waals surface area contributed by atoms with Crippen molar-refractivity contribution in [1.82, 2.24) is 10.1 Å². The molecule has 1 aliphatic heterocycles. The second-order valence-corrected chi connectivity index (χ2v) is 4.72. The fraction of sp³-hybridized carbons (Fsp3) is 0.357. The van der Waals surface area contributed by atoms with Crippen LogP contribution in [0.2, 0.25) is 0 Å². The molecule has 1 aliphatic rings. The Kier molecular flexibility index (Phi) is 3.47. The number of methoxy groups -OCH3 is 1. The number of hydrogen-bond donors (Lipinski definition) is 0. The number of carbonyl (C=O) groups is 1. The van der Waals surface area contributed by atoms with Gasteiger partial charge in [-0.15, -0.1) is 0 Å². The highest BCUT2D eigenvalue weighted by atomic mass is 16.5. The highest BCUT2D eigenvalue weighted by molar-refractivity contribution is 5.96. The molecule has 20 heavy (non-hydrogen) atoms. The summed E-state index contributed by atoms with van der Waals surface area (Å²) in [6.45, 7) is 0.866. The van der Waals surface area contributed by atoms with E-state index in [0.717, 1.165) is 5.69 Å². The van der Waals surface area contributed by atoms with Crippen LogP contribution in [0.4, 0.5) is 5.69 Å². The van der Waals surface area contributed by atoms with Crippen LogP contribution in [0.25, 0.3) is 0 Å². The number of amides is 1. The summed E-state index contributed by atoms with van der Waals surface area (Å²) >= 11 is 0. The molecule has 1 aromatic heterocycles. The number of ether oxygens (including phenoxy) is 1. The third-order valence-electron chi connectivity index (χ3n) is 3.31. The van der Waals surface area contributed by atoms with Crippen molar-refractivity contribution in [3.05, 3.63) is 42.0 Å². The van der Waals surface area contributed by atoms with Gasteiger partial charge in [-0.2, -0.15) is 4.98 Å². The monoisotopic (exact) mass is 273 g/mol. The zero-order valence-corrected chi connectivity index (χ0v) is 11.2. The fourth-order valence-corrected chi connectivity index (χ4v) is 2.35. The third kappa shape index (κ3) is 2.42. The molecule has 0 bridgehead atoms. The summed E-state index contributed by atoms with van der Waals surface area (Å²) in [5.41, 5.74) is 0.903. The molecular formula is C14H15N3O3. The second-order valence-electron chi connectivity index (χ2n) is 4.72. The minimum Gasteiger partial charge on any atom is -0.375 e. The number of nitrogens with zero attached hydrogens (tertiary/aromatic N) is 3. The lowest BCUT2D eigenvalue weighted by molar-refractivity contribution is -0.117. The minimum absolute atomic E-state index is 0.0305. The number of rotatable bonds is 4. The number of aromatic nitrogens is 2. The highest BCUT2D eigenvalue weighted by Gasteiger charge is 2.34. The van der Waals surface area contributed by atoms with Gasteiger partial charge in [-0.3, -0.25) is 4.79 Å². The molecule has 1 atom stereocenters. The maximum Gasteiger partial charge on any atom is 0.252 e. The molecule has 2 aromatic rings. The van der Waals surface area contributed by atoms with E-state index in [1.165, 1.54) is 0 Å². The fourth-order valence-electron chi connectivity index (χ4n) is 2.35. The number of hydrogen-bond acceptors (Lipinski definition) is 5. The van der Waals surface area contributed by atoms with Gasteiger partial charge in [-0.25, -0.2) is 0 Å². The lowest BCUT2D eigenvalue weighted by Gasteiger charge is -2.15. The zero-order valence-electron chi connectivity index (χ0n) is 11.2. The van der Waals surface area contributed by atoms with Gasteiger partial charge in [0, 0.05) is 31.7 Å². The summed E-state index contributed by atoms with van der Waals surface area (Å²) in [6.07, 6.45) is 0.404. The minimum atomic E-state index is -0.0305. The molecule has 0 aliphatic carbocycles. The molecule has 3 rings (SSSR count). The largest absolute Gasteiger partial charge is 0.375 e. The van der Waals surface area contributed by atoms with Gasteiger partial charge in [-0.05, 0) is 12.1 Å². The predicted molar refractivity (Wildman–Crippen MR) is 71.2 cm³/mol. The molecule has 1 aromatic carbocycles. The van der Waals surface area contributed by atoms with Crippen LogP contribution in [-0.2, 0) is 16.1 Å². The van der Waals surface area contributed by atoms with Crippen molar-refractivity contribution in [2.24, 2.45) is 0 Å². The first-order valence-corrected chi connectivity index (χ1v) is 6.44. The smallest absolute Gasteiger partial charge is 0.252 e. The van der Waals surface area contributed by atoms with Crippen molar-refractivity contribution >= 4 is 11.6 Å². The summed E-state index contributed by atoms with van der Waals surface area (Å²) in [5, 5.41) is 3.93. The molecule has 6 nitrogen and oxygen atoms in total. The van der Waals surface area contributed by atoms with E-state index in [2.05, 4.69) is 10.1 Å². The first-order valence-electron chi connectivity index (χ1n) is 6.44. The zero-order chi connectivity index (χ0) is 13.9. The van der Waals surface area contributed by atoms with E-state index in [9.17, 15) is 4.79 Å². The van der Waals surface area contributed by atoms with E-state index in [-0.39, 0.29) is 18.4 Å². The van der Waals surface area contributed by atoms with Gasteiger partial charge >= 0.3 is 0 Å². The number of benzene rings is 1. The first-order chi connectivity index (χ1) is 9.78. The molecule has 6 heteroatoms. The van der Waals surface area contributed by atoms with Crippen molar-refractivity contribution in [2.75, 3.05) is 18.6 Å². The first kappa shape index (κ1) is 12.8. The average Bonchev–Trinajstić information content (AvgIpc) is 3.07. The standard InChI is InChI=1S/C14H15N3O3/c1-19-9-12-15-14(16-20-12)10-7-13(18)17(8-10)11-5-3-2-4-6-11/h2-6,10H,7-9H2,1H3. The van der Waals surface area contributed by atoms with Crippen LogP contribution in [0.3, 0.4) is 0 Å². The van der Waals surface area contributed by atoms with Crippen LogP contribution < -0.4 is 4.90 Å². The van der Waals surface area contributed by atoms with E-state index in [1.54, 1.807) is 12.0 Å². The summed E-state index contributed by atoms with van der Waals surface area (Å²) in [7, 11) is 1.57. The van der Waals surface area contributed by atoms with Crippen molar-refractivity contribution < 1.29 is 14.1 Å². The van der Waals surface area contributed by atoms with Crippen LogP contribution in [0.15, 0.2) is 34.9 Å². The SMILES string of the molecule is COCc1nc(C2CC(=O)N(c3ccccc3)C2)no1. The molecular weight excluding hydrogens is 258 g/mol. The Morgan fingerprint density at radius 1 is 1.40 bits per heavy atom. The molecule has 0 spiro atoms. The number of anilines is 1. The van der Waals surface area contributed by atoms with Crippen molar-refractivity contribution in [2.45, 2.75) is 18.9 Å². The van der Waals surface area contributed by atoms with Gasteiger partial charge in [-0.1, -0.05) is 23.4 Å². The quantitative estimate of drug-likeness (QED) is 0.848. The van der Waals surface area contributed by atoms with Crippen LogP contribution in [0, 0.1) is 0 Å². The van der Waals surface area contributed by atoms with Crippen LogP contribution in [-0.4, -0.2) is 29.7 Å². The number of para-hydroxylation sites is 1. The van der Waals surface area contributed by atoms with E-state index in [0.29, 0.717) is 24.7 Å². The summed E-state index contributed by atoms with van der Waals surface area (Å²) in [5.74, 6) is 1.06. The van der Waals surface area contributed by atoms with Gasteiger partial charge in [0.15, 0.2) is 5.82 Å². The van der Waals surface area contributed by atoms with E-state index in [1.807, 2.05) is 30.3 Å². The maximum absolute atomic E-state index is 12.1. The molecule has 2 heterocycles. The van der Waals surface area contributed by atoms with Gasteiger partial charge < -0.3 is 14.2 Å². The topological polar surface area (TPSA) is 68.5 Å². The van der Waals surface area contributed by atoms with Gasteiger partial charge in [0.2, 0.25) is 5.91 Å². The Morgan fingerprint density at radius 3 is 2.95 bits per heavy atom. The van der Waals surface area contributed by atoms with E-state index >= 15 is 0 Å². The molecule has 0 radical (unpaired) electrons. The van der Waals surface area contributed by atoms with Gasteiger partial charge in [0.1, 0.15) is 6.61 Å². The molecule has 1 saturated heterocycles. The van der Waals surface area contributed by atoms with Crippen molar-refractivity contribution in [1.29, 1.82) is 0 Å². The van der Waals surface area contributed by atoms with Crippen LogP contribution >= 0.6 is 0 Å². The second kappa shape index (κ2) is 5.42. The Bertz CT molecular complexity index is 597. The molecule has 1 fully saturated rings. The Labute approximate surface area is 116 Å². The number of carbonyl (C=O) groups excluding carboxylic acids is 1. The molecule has 1 unspecified atom stereocenters. The van der Waals surface area contributed by atoms with E-state index < -0.39 is 0 Å². The predicted octanol–water partition coefficient (Wildman–Crippen LogP) is 1.74. The average molecular weight is 273 g/mol. The lowest BCUT2D eigenvalue weighted by Crippen LogP contribution is -2.24. The third-order valence-corrected chi connectivity index (χ3v) is 3.31. The molecule has 0 saturated carbocycles. The molecule has 1 amide bonds. The van der Waals surface area contributed by atoms with Gasteiger partial charge in [0.25, 0.3) is 5.89 Å². The highest BCUT2D eigenvalue weighted by Crippen LogP contribution is 2.30. The van der Waals surface area contributed by atoms with E-state index in [4.69, 9.17) is 9.26 Å². The normalized spacial score (nSPS) is 18.8. The summed E-state index contributed by atoms with van der Waals surface area (Å²) in [6, 6.07) is 9.61. The molecule has 0 N–H and O–H groups in total. The Hall–Kier alpha value is -2.21. The Morgan fingerprint density at radius 2 is 2.20 bits per heavy atom. The molecule has 104 valence electrons. The van der Waals surface area contributed by atoms with Crippen LogP contribution in [0.1, 0.15) is 24.1 Å². The Balaban J connectivity index is 1.76. The summed E-state index contributed by atoms with van der Waals surface area (Å²) < 4.78 is 10.0. The van der Waals surface area contributed by atoms with Crippen molar-refractivity contribution in [3.63, 3.8) is 0 Å². The van der Waals surface area contributed by atoms with Crippen LogP contribution in [0.5, 0.6) is 0 Å². The van der Waals surface area contributed by atoms with Crippen molar-refractivity contribution in [3.8, 4) is 0 Å².